The molecule has 5 nitrogen and oxygen atoms in total. The van der Waals surface area contributed by atoms with E-state index in [1.807, 2.05) is 6.92 Å². The van der Waals surface area contributed by atoms with Crippen LogP contribution in [0.5, 0.6) is 0 Å². The Labute approximate surface area is 119 Å². The highest BCUT2D eigenvalue weighted by molar-refractivity contribution is 7.91. The predicted octanol–water partition coefficient (Wildman–Crippen LogP) is 2.90. The normalized spacial score (nSPS) is 13.4. The first-order chi connectivity index (χ1) is 8.92. The molecule has 19 heavy (non-hydrogen) atoms. The van der Waals surface area contributed by atoms with Crippen molar-refractivity contribution in [3.63, 3.8) is 0 Å². The molecule has 0 saturated carbocycles. The molecule has 1 unspecified atom stereocenters. The molecular weight excluding hydrogens is 282 g/mol. The number of anilines is 2. The standard InChI is InChI=1S/C12H23N3O2S2/c1-4-6-7-8-9(3)14-12-10(11(13)15-18-12)19(16,17)5-2/h9,14H,4-8H2,1-3H3,(H2,13,15). The molecule has 1 rings (SSSR count). The maximum absolute atomic E-state index is 12.0. The highest BCUT2D eigenvalue weighted by Gasteiger charge is 2.24. The number of rotatable bonds is 8. The third kappa shape index (κ3) is 4.35. The molecule has 0 spiro atoms. The maximum atomic E-state index is 12.0. The number of nitrogen functional groups attached to an aromatic ring is 1. The summed E-state index contributed by atoms with van der Waals surface area (Å²) in [5.74, 6) is 0.143. The van der Waals surface area contributed by atoms with Crippen LogP contribution >= 0.6 is 11.5 Å². The summed E-state index contributed by atoms with van der Waals surface area (Å²) in [5.41, 5.74) is 5.68. The molecule has 110 valence electrons. The number of aromatic nitrogens is 1. The van der Waals surface area contributed by atoms with Crippen LogP contribution in [0, 0.1) is 0 Å². The summed E-state index contributed by atoms with van der Waals surface area (Å²) in [6.07, 6.45) is 4.51. The molecule has 0 saturated heterocycles. The van der Waals surface area contributed by atoms with Gasteiger partial charge in [0.15, 0.2) is 15.7 Å². The molecule has 0 aromatic carbocycles. The number of unbranched alkanes of at least 4 members (excludes halogenated alkanes) is 2. The molecule has 0 aliphatic heterocycles. The van der Waals surface area contributed by atoms with Crippen molar-refractivity contribution in [2.24, 2.45) is 0 Å². The van der Waals surface area contributed by atoms with E-state index in [1.54, 1.807) is 6.92 Å². The molecule has 0 amide bonds. The molecule has 0 aliphatic rings. The van der Waals surface area contributed by atoms with Gasteiger partial charge in [0.05, 0.1) is 5.75 Å². The zero-order valence-electron chi connectivity index (χ0n) is 11.8. The van der Waals surface area contributed by atoms with Gasteiger partial charge < -0.3 is 11.1 Å². The van der Waals surface area contributed by atoms with E-state index in [1.165, 1.54) is 12.8 Å². The number of hydrogen-bond acceptors (Lipinski definition) is 6. The summed E-state index contributed by atoms with van der Waals surface area (Å²) >= 11 is 1.12. The van der Waals surface area contributed by atoms with Crippen molar-refractivity contribution in [3.05, 3.63) is 0 Å². The Kier molecular flexibility index (Phi) is 6.06. The zero-order valence-corrected chi connectivity index (χ0v) is 13.4. The molecule has 1 atom stereocenters. The maximum Gasteiger partial charge on any atom is 0.184 e. The fraction of sp³-hybridized carbons (Fsp3) is 0.750. The van der Waals surface area contributed by atoms with Crippen LogP contribution in [0.1, 0.15) is 46.5 Å². The number of nitrogens with two attached hydrogens (primary N) is 1. The lowest BCUT2D eigenvalue weighted by atomic mass is 10.1. The lowest BCUT2D eigenvalue weighted by Crippen LogP contribution is -2.17. The second-order valence-electron chi connectivity index (χ2n) is 4.67. The van der Waals surface area contributed by atoms with Crippen molar-refractivity contribution in [1.82, 2.24) is 4.37 Å². The van der Waals surface area contributed by atoms with E-state index in [4.69, 9.17) is 5.73 Å². The van der Waals surface area contributed by atoms with E-state index in [2.05, 4.69) is 16.6 Å². The fourth-order valence-electron chi connectivity index (χ4n) is 1.83. The Bertz CT molecular complexity index is 497. The summed E-state index contributed by atoms with van der Waals surface area (Å²) in [6.45, 7) is 5.82. The highest BCUT2D eigenvalue weighted by Crippen LogP contribution is 2.33. The van der Waals surface area contributed by atoms with E-state index < -0.39 is 9.84 Å². The SMILES string of the molecule is CCCCCC(C)Nc1snc(N)c1S(=O)(=O)CC. The Hall–Kier alpha value is -0.820. The average molecular weight is 305 g/mol. The third-order valence-corrected chi connectivity index (χ3v) is 5.70. The zero-order chi connectivity index (χ0) is 14.5. The monoisotopic (exact) mass is 305 g/mol. The lowest BCUT2D eigenvalue weighted by Gasteiger charge is -2.14. The van der Waals surface area contributed by atoms with E-state index in [-0.39, 0.29) is 22.5 Å². The molecule has 1 aromatic heterocycles. The quantitative estimate of drug-likeness (QED) is 0.721. The van der Waals surface area contributed by atoms with Crippen LogP contribution in [0.3, 0.4) is 0 Å². The van der Waals surface area contributed by atoms with Crippen molar-refractivity contribution in [2.45, 2.75) is 57.4 Å². The van der Waals surface area contributed by atoms with Crippen molar-refractivity contribution in [1.29, 1.82) is 0 Å². The first-order valence-corrected chi connectivity index (χ1v) is 9.09. The highest BCUT2D eigenvalue weighted by atomic mass is 32.2. The molecule has 0 bridgehead atoms. The Morgan fingerprint density at radius 1 is 1.37 bits per heavy atom. The van der Waals surface area contributed by atoms with Crippen LogP contribution in [-0.2, 0) is 9.84 Å². The van der Waals surface area contributed by atoms with Crippen LogP contribution in [0.25, 0.3) is 0 Å². The number of hydrogen-bond donors (Lipinski definition) is 2. The predicted molar refractivity (Wildman–Crippen MR) is 81.5 cm³/mol. The van der Waals surface area contributed by atoms with Crippen molar-refractivity contribution >= 4 is 32.2 Å². The second kappa shape index (κ2) is 7.09. The molecule has 1 aromatic rings. The first-order valence-electron chi connectivity index (χ1n) is 6.66. The van der Waals surface area contributed by atoms with Crippen LogP contribution in [0.4, 0.5) is 10.8 Å². The van der Waals surface area contributed by atoms with Gasteiger partial charge in [0, 0.05) is 6.04 Å². The van der Waals surface area contributed by atoms with Crippen LogP contribution in [0.15, 0.2) is 4.90 Å². The van der Waals surface area contributed by atoms with Gasteiger partial charge in [-0.15, -0.1) is 0 Å². The summed E-state index contributed by atoms with van der Waals surface area (Å²) in [5, 5.41) is 3.80. The van der Waals surface area contributed by atoms with Gasteiger partial charge in [-0.1, -0.05) is 33.1 Å². The summed E-state index contributed by atoms with van der Waals surface area (Å²) in [7, 11) is -3.33. The molecule has 7 heteroatoms. The van der Waals surface area contributed by atoms with Crippen molar-refractivity contribution in [3.8, 4) is 0 Å². The minimum Gasteiger partial charge on any atom is -0.382 e. The number of sulfone groups is 1. The smallest absolute Gasteiger partial charge is 0.184 e. The minimum atomic E-state index is -3.33. The van der Waals surface area contributed by atoms with Gasteiger partial charge in [-0.25, -0.2) is 8.42 Å². The number of nitrogens with zero attached hydrogens (tertiary/aromatic N) is 1. The van der Waals surface area contributed by atoms with Crippen molar-refractivity contribution < 1.29 is 8.42 Å². The third-order valence-electron chi connectivity index (χ3n) is 2.98. The molecule has 3 N–H and O–H groups in total. The topological polar surface area (TPSA) is 85.1 Å². The van der Waals surface area contributed by atoms with Gasteiger partial charge in [0.2, 0.25) is 0 Å². The Balaban J connectivity index is 2.80. The van der Waals surface area contributed by atoms with E-state index in [0.29, 0.717) is 5.00 Å². The summed E-state index contributed by atoms with van der Waals surface area (Å²) in [6, 6.07) is 0.220. The average Bonchev–Trinajstić information content (AvgIpc) is 2.71. The Morgan fingerprint density at radius 2 is 2.05 bits per heavy atom. The van der Waals surface area contributed by atoms with Gasteiger partial charge in [-0.2, -0.15) is 4.37 Å². The van der Waals surface area contributed by atoms with Gasteiger partial charge in [-0.3, -0.25) is 0 Å². The molecule has 0 aliphatic carbocycles. The second-order valence-corrected chi connectivity index (χ2v) is 7.66. The molecule has 0 fully saturated rings. The lowest BCUT2D eigenvalue weighted by molar-refractivity contribution is 0.597. The van der Waals surface area contributed by atoms with E-state index in [9.17, 15) is 8.42 Å². The van der Waals surface area contributed by atoms with Gasteiger partial charge in [0.1, 0.15) is 9.90 Å². The minimum absolute atomic E-state index is 0.0362. The van der Waals surface area contributed by atoms with Gasteiger partial charge in [0.25, 0.3) is 0 Å². The molecule has 0 radical (unpaired) electrons. The summed E-state index contributed by atoms with van der Waals surface area (Å²) < 4.78 is 27.9. The van der Waals surface area contributed by atoms with Crippen LogP contribution in [-0.4, -0.2) is 24.6 Å². The number of nitrogens with one attached hydrogen (secondary N) is 1. The van der Waals surface area contributed by atoms with Crippen molar-refractivity contribution in [2.75, 3.05) is 16.8 Å². The largest absolute Gasteiger partial charge is 0.382 e. The van der Waals surface area contributed by atoms with Crippen LogP contribution in [0.2, 0.25) is 0 Å². The molecular formula is C12H23N3O2S2. The van der Waals surface area contributed by atoms with Gasteiger partial charge in [-0.05, 0) is 24.9 Å². The molecule has 1 heterocycles. The Morgan fingerprint density at radius 3 is 2.63 bits per heavy atom. The van der Waals surface area contributed by atoms with E-state index >= 15 is 0 Å². The van der Waals surface area contributed by atoms with E-state index in [0.717, 1.165) is 24.4 Å². The summed E-state index contributed by atoms with van der Waals surface area (Å²) in [4.78, 5) is 0.169. The van der Waals surface area contributed by atoms with Gasteiger partial charge >= 0.3 is 0 Å². The fourth-order valence-corrected chi connectivity index (χ4v) is 4.09. The van der Waals surface area contributed by atoms with Crippen LogP contribution < -0.4 is 11.1 Å². The first kappa shape index (κ1) is 16.2.